The van der Waals surface area contributed by atoms with Gasteiger partial charge in [-0.2, -0.15) is 0 Å². The summed E-state index contributed by atoms with van der Waals surface area (Å²) in [5, 5.41) is 19.7. The first-order valence-corrected chi connectivity index (χ1v) is 6.65. The molecule has 0 atom stereocenters. The van der Waals surface area contributed by atoms with Gasteiger partial charge in [-0.3, -0.25) is 9.59 Å². The lowest BCUT2D eigenvalue weighted by Crippen LogP contribution is -2.06. The predicted molar refractivity (Wildman–Crippen MR) is 80.9 cm³/mol. The maximum atomic E-state index is 11.5. The van der Waals surface area contributed by atoms with Gasteiger partial charge in [-0.15, -0.1) is 0 Å². The van der Waals surface area contributed by atoms with Crippen molar-refractivity contribution in [1.29, 1.82) is 0 Å². The Bertz CT molecular complexity index is 717. The van der Waals surface area contributed by atoms with E-state index in [9.17, 15) is 19.8 Å². The number of aromatic hydroxyl groups is 2. The van der Waals surface area contributed by atoms with Gasteiger partial charge in [-0.1, -0.05) is 24.3 Å². The van der Waals surface area contributed by atoms with Gasteiger partial charge in [0, 0.05) is 17.2 Å². The average Bonchev–Trinajstić information content (AvgIpc) is 2.46. The van der Waals surface area contributed by atoms with Gasteiger partial charge >= 0.3 is 5.97 Å². The Balaban J connectivity index is 2.52. The lowest BCUT2D eigenvalue weighted by Gasteiger charge is -2.12. The Hall–Kier alpha value is -2.82. The molecule has 5 heteroatoms. The number of ketones is 1. The summed E-state index contributed by atoms with van der Waals surface area (Å²) in [4.78, 5) is 22.8. The molecule has 0 fully saturated rings. The normalized spacial score (nSPS) is 10.3. The zero-order chi connectivity index (χ0) is 16.3. The lowest BCUT2D eigenvalue weighted by atomic mass is 9.95. The van der Waals surface area contributed by atoms with E-state index in [4.69, 9.17) is 0 Å². The van der Waals surface area contributed by atoms with Gasteiger partial charge in [0.15, 0.2) is 5.78 Å². The van der Waals surface area contributed by atoms with E-state index < -0.39 is 5.97 Å². The quantitative estimate of drug-likeness (QED) is 0.670. The van der Waals surface area contributed by atoms with Crippen molar-refractivity contribution >= 4 is 11.8 Å². The maximum Gasteiger partial charge on any atom is 0.310 e. The van der Waals surface area contributed by atoms with Gasteiger partial charge in [-0.25, -0.2) is 0 Å². The highest BCUT2D eigenvalue weighted by Gasteiger charge is 2.16. The highest BCUT2D eigenvalue weighted by Crippen LogP contribution is 2.36. The molecule has 0 aliphatic carbocycles. The van der Waals surface area contributed by atoms with Crippen LogP contribution in [0.2, 0.25) is 0 Å². The zero-order valence-electron chi connectivity index (χ0n) is 12.3. The lowest BCUT2D eigenvalue weighted by molar-refractivity contribution is -0.139. The molecular weight excluding hydrogens is 284 g/mol. The predicted octanol–water partition coefficient (Wildman–Crippen LogP) is 2.68. The summed E-state index contributed by atoms with van der Waals surface area (Å²) in [6, 6.07) is 9.27. The van der Waals surface area contributed by atoms with Crippen molar-refractivity contribution in [3.8, 4) is 22.6 Å². The van der Waals surface area contributed by atoms with Crippen LogP contribution in [-0.4, -0.2) is 29.1 Å². The minimum atomic E-state index is -0.480. The molecule has 0 saturated heterocycles. The molecular formula is C17H16O5. The molecule has 0 bridgehead atoms. The number of methoxy groups -OCH3 is 1. The fourth-order valence-corrected chi connectivity index (χ4v) is 2.24. The van der Waals surface area contributed by atoms with Crippen LogP contribution < -0.4 is 0 Å². The fourth-order valence-electron chi connectivity index (χ4n) is 2.24. The van der Waals surface area contributed by atoms with Crippen molar-refractivity contribution in [2.45, 2.75) is 13.3 Å². The van der Waals surface area contributed by atoms with E-state index in [1.807, 2.05) is 0 Å². The molecule has 114 valence electrons. The minimum Gasteiger partial charge on any atom is -0.508 e. The second-order valence-corrected chi connectivity index (χ2v) is 4.89. The van der Waals surface area contributed by atoms with Crippen molar-refractivity contribution < 1.29 is 24.5 Å². The topological polar surface area (TPSA) is 83.8 Å². The summed E-state index contributed by atoms with van der Waals surface area (Å²) in [6.07, 6.45) is -0.0811. The van der Waals surface area contributed by atoms with Gasteiger partial charge in [0.1, 0.15) is 11.5 Å². The Kier molecular flexibility index (Phi) is 4.46. The van der Waals surface area contributed by atoms with E-state index in [0.717, 1.165) is 0 Å². The van der Waals surface area contributed by atoms with E-state index in [2.05, 4.69) is 4.74 Å². The van der Waals surface area contributed by atoms with Crippen molar-refractivity contribution in [3.63, 3.8) is 0 Å². The number of benzene rings is 2. The molecule has 0 aromatic heterocycles. The standard InChI is InChI=1S/C17H16O5/c1-10(18)11-3-5-12(6-4-11)17-13(8-16(21)22-2)7-14(19)9-15(17)20/h3-7,9,19-20H,8H2,1-2H3. The first-order valence-electron chi connectivity index (χ1n) is 6.65. The van der Waals surface area contributed by atoms with Gasteiger partial charge in [-0.05, 0) is 24.1 Å². The molecule has 0 aliphatic rings. The Labute approximate surface area is 127 Å². The van der Waals surface area contributed by atoms with Crippen LogP contribution in [0.15, 0.2) is 36.4 Å². The van der Waals surface area contributed by atoms with Gasteiger partial charge < -0.3 is 14.9 Å². The summed E-state index contributed by atoms with van der Waals surface area (Å²) in [5.41, 5.74) is 2.07. The molecule has 2 aromatic rings. The molecule has 0 saturated carbocycles. The van der Waals surface area contributed by atoms with Crippen molar-refractivity contribution in [2.75, 3.05) is 7.11 Å². The molecule has 5 nitrogen and oxygen atoms in total. The second kappa shape index (κ2) is 6.30. The molecule has 2 rings (SSSR count). The first-order chi connectivity index (χ1) is 10.4. The summed E-state index contributed by atoms with van der Waals surface area (Å²) >= 11 is 0. The Morgan fingerprint density at radius 1 is 1.09 bits per heavy atom. The number of phenols is 2. The summed E-state index contributed by atoms with van der Waals surface area (Å²) in [5.74, 6) is -0.821. The largest absolute Gasteiger partial charge is 0.508 e. The monoisotopic (exact) mass is 300 g/mol. The van der Waals surface area contributed by atoms with Crippen molar-refractivity contribution in [3.05, 3.63) is 47.5 Å². The highest BCUT2D eigenvalue weighted by molar-refractivity contribution is 5.94. The zero-order valence-corrected chi connectivity index (χ0v) is 12.3. The number of carbonyl (C=O) groups is 2. The van der Waals surface area contributed by atoms with E-state index in [0.29, 0.717) is 22.3 Å². The smallest absolute Gasteiger partial charge is 0.310 e. The SMILES string of the molecule is COC(=O)Cc1cc(O)cc(O)c1-c1ccc(C(C)=O)cc1. The number of hydrogen-bond donors (Lipinski definition) is 2. The second-order valence-electron chi connectivity index (χ2n) is 4.89. The number of rotatable bonds is 4. The van der Waals surface area contributed by atoms with Crippen LogP contribution in [-0.2, 0) is 16.0 Å². The number of phenolic OH excluding ortho intramolecular Hbond substituents is 2. The molecule has 0 spiro atoms. The van der Waals surface area contributed by atoms with Crippen LogP contribution in [0.3, 0.4) is 0 Å². The number of ether oxygens (including phenoxy) is 1. The van der Waals surface area contributed by atoms with E-state index in [1.165, 1.54) is 26.2 Å². The van der Waals surface area contributed by atoms with Gasteiger partial charge in [0.2, 0.25) is 0 Å². The van der Waals surface area contributed by atoms with E-state index in [-0.39, 0.29) is 23.7 Å². The molecule has 0 amide bonds. The van der Waals surface area contributed by atoms with Crippen LogP contribution in [0.25, 0.3) is 11.1 Å². The van der Waals surface area contributed by atoms with Gasteiger partial charge in [0.05, 0.1) is 13.5 Å². The first kappa shape index (κ1) is 15.6. The van der Waals surface area contributed by atoms with Crippen molar-refractivity contribution in [1.82, 2.24) is 0 Å². The maximum absolute atomic E-state index is 11.5. The van der Waals surface area contributed by atoms with E-state index in [1.54, 1.807) is 24.3 Å². The Morgan fingerprint density at radius 3 is 2.27 bits per heavy atom. The van der Waals surface area contributed by atoms with Crippen LogP contribution in [0, 0.1) is 0 Å². The summed E-state index contributed by atoms with van der Waals surface area (Å²) in [6.45, 7) is 1.47. The number of hydrogen-bond acceptors (Lipinski definition) is 5. The minimum absolute atomic E-state index is 0.0590. The third-order valence-electron chi connectivity index (χ3n) is 3.33. The third-order valence-corrected chi connectivity index (χ3v) is 3.33. The number of carbonyl (C=O) groups excluding carboxylic acids is 2. The van der Waals surface area contributed by atoms with Crippen molar-refractivity contribution in [2.24, 2.45) is 0 Å². The Morgan fingerprint density at radius 2 is 1.73 bits per heavy atom. The molecule has 0 aliphatic heterocycles. The third kappa shape index (κ3) is 3.25. The number of esters is 1. The highest BCUT2D eigenvalue weighted by atomic mass is 16.5. The molecule has 0 heterocycles. The fraction of sp³-hybridized carbons (Fsp3) is 0.176. The van der Waals surface area contributed by atoms with Gasteiger partial charge in [0.25, 0.3) is 0 Å². The number of Topliss-reactive ketones (excluding diaryl/α,β-unsaturated/α-hetero) is 1. The van der Waals surface area contributed by atoms with Crippen LogP contribution in [0.4, 0.5) is 0 Å². The molecule has 22 heavy (non-hydrogen) atoms. The molecule has 0 unspecified atom stereocenters. The molecule has 2 N–H and O–H groups in total. The van der Waals surface area contributed by atoms with Crippen LogP contribution in [0.5, 0.6) is 11.5 Å². The average molecular weight is 300 g/mol. The van der Waals surface area contributed by atoms with E-state index >= 15 is 0 Å². The summed E-state index contributed by atoms with van der Waals surface area (Å²) in [7, 11) is 1.27. The molecule has 0 radical (unpaired) electrons. The summed E-state index contributed by atoms with van der Waals surface area (Å²) < 4.78 is 4.63. The van der Waals surface area contributed by atoms with Crippen LogP contribution >= 0.6 is 0 Å². The molecule has 2 aromatic carbocycles. The van der Waals surface area contributed by atoms with Crippen LogP contribution in [0.1, 0.15) is 22.8 Å².